The number of guanidine groups is 1. The van der Waals surface area contributed by atoms with Crippen molar-refractivity contribution in [3.8, 4) is 0 Å². The van der Waals surface area contributed by atoms with Crippen molar-refractivity contribution in [2.24, 2.45) is 10.7 Å². The van der Waals surface area contributed by atoms with Gasteiger partial charge >= 0.3 is 0 Å². The van der Waals surface area contributed by atoms with Gasteiger partial charge in [0.2, 0.25) is 0 Å². The van der Waals surface area contributed by atoms with E-state index in [9.17, 15) is 0 Å². The van der Waals surface area contributed by atoms with Gasteiger partial charge in [-0.25, -0.2) is 4.98 Å². The Morgan fingerprint density at radius 2 is 2.44 bits per heavy atom. The lowest BCUT2D eigenvalue weighted by molar-refractivity contribution is 0.873. The summed E-state index contributed by atoms with van der Waals surface area (Å²) in [5, 5.41) is 2.98. The predicted octanol–water partition coefficient (Wildman–Crippen LogP) is 0.677. The molecule has 0 aromatic carbocycles. The van der Waals surface area contributed by atoms with Crippen molar-refractivity contribution in [2.45, 2.75) is 13.5 Å². The second-order valence-electron chi connectivity index (χ2n) is 3.66. The number of nitrogens with two attached hydrogens (primary N) is 1. The summed E-state index contributed by atoms with van der Waals surface area (Å²) in [6.07, 6.45) is 3.98. The fourth-order valence-corrected chi connectivity index (χ4v) is 1.48. The van der Waals surface area contributed by atoms with Gasteiger partial charge in [-0.05, 0) is 24.6 Å². The molecule has 0 bridgehead atoms. The zero-order valence-corrected chi connectivity index (χ0v) is 9.44. The number of aromatic nitrogens is 2. The van der Waals surface area contributed by atoms with E-state index in [0.29, 0.717) is 12.5 Å². The van der Waals surface area contributed by atoms with Gasteiger partial charge < -0.3 is 15.5 Å². The first-order chi connectivity index (χ1) is 7.69. The molecule has 0 aliphatic carbocycles. The molecule has 2 rings (SSSR count). The molecular formula is C11H15N5. The molecule has 2 aromatic heterocycles. The summed E-state index contributed by atoms with van der Waals surface area (Å²) in [6.45, 7) is 2.64. The lowest BCUT2D eigenvalue weighted by atomic mass is 10.3. The molecule has 5 heteroatoms. The van der Waals surface area contributed by atoms with Crippen LogP contribution in [0.2, 0.25) is 0 Å². The molecule has 0 radical (unpaired) electrons. The van der Waals surface area contributed by atoms with Crippen LogP contribution in [0.25, 0.3) is 5.65 Å². The standard InChI is InChI=1S/C11H15N5/c1-8-3-4-16-7-9(15-10(16)5-8)6-14-11(12)13-2/h3-5,7H,6H2,1-2H3,(H3,12,13,14). The molecule has 0 aliphatic rings. The van der Waals surface area contributed by atoms with Crippen molar-refractivity contribution in [3.63, 3.8) is 0 Å². The number of hydrogen-bond acceptors (Lipinski definition) is 2. The van der Waals surface area contributed by atoms with E-state index in [-0.39, 0.29) is 0 Å². The van der Waals surface area contributed by atoms with E-state index in [1.165, 1.54) is 5.56 Å². The zero-order valence-electron chi connectivity index (χ0n) is 9.44. The Kier molecular flexibility index (Phi) is 2.76. The van der Waals surface area contributed by atoms with Crippen LogP contribution in [-0.4, -0.2) is 22.4 Å². The molecule has 0 saturated carbocycles. The molecule has 5 nitrogen and oxygen atoms in total. The van der Waals surface area contributed by atoms with Crippen molar-refractivity contribution in [1.29, 1.82) is 0 Å². The number of nitrogens with one attached hydrogen (secondary N) is 1. The molecule has 0 saturated heterocycles. The highest BCUT2D eigenvalue weighted by Crippen LogP contribution is 2.07. The van der Waals surface area contributed by atoms with Crippen LogP contribution < -0.4 is 11.1 Å². The van der Waals surface area contributed by atoms with Crippen LogP contribution >= 0.6 is 0 Å². The van der Waals surface area contributed by atoms with Crippen LogP contribution in [0, 0.1) is 6.92 Å². The summed E-state index contributed by atoms with van der Waals surface area (Å²) in [5.74, 6) is 0.424. The van der Waals surface area contributed by atoms with Gasteiger partial charge in [-0.1, -0.05) is 0 Å². The minimum absolute atomic E-state index is 0.424. The molecule has 0 amide bonds. The number of hydrogen-bond donors (Lipinski definition) is 2. The van der Waals surface area contributed by atoms with Crippen LogP contribution in [0.15, 0.2) is 29.5 Å². The normalized spacial score (nSPS) is 12.0. The number of aryl methyl sites for hydroxylation is 1. The number of fused-ring (bicyclic) bond motifs is 1. The Balaban J connectivity index is 2.20. The lowest BCUT2D eigenvalue weighted by Crippen LogP contribution is -2.30. The average molecular weight is 217 g/mol. The first-order valence-electron chi connectivity index (χ1n) is 5.09. The number of rotatable bonds is 2. The van der Waals surface area contributed by atoms with Gasteiger partial charge in [0, 0.05) is 19.4 Å². The van der Waals surface area contributed by atoms with E-state index in [4.69, 9.17) is 5.73 Å². The third kappa shape index (κ3) is 2.13. The summed E-state index contributed by atoms with van der Waals surface area (Å²) < 4.78 is 1.99. The lowest BCUT2D eigenvalue weighted by Gasteiger charge is -2.00. The Bertz CT molecular complexity index is 526. The largest absolute Gasteiger partial charge is 0.370 e. The van der Waals surface area contributed by atoms with Crippen molar-refractivity contribution in [1.82, 2.24) is 14.7 Å². The van der Waals surface area contributed by atoms with Crippen molar-refractivity contribution in [3.05, 3.63) is 35.8 Å². The van der Waals surface area contributed by atoms with Crippen molar-refractivity contribution < 1.29 is 0 Å². The minimum atomic E-state index is 0.424. The topological polar surface area (TPSA) is 67.7 Å². The minimum Gasteiger partial charge on any atom is -0.370 e. The molecule has 2 aromatic rings. The van der Waals surface area contributed by atoms with Gasteiger partial charge in [-0.15, -0.1) is 0 Å². The molecule has 2 heterocycles. The summed E-state index contributed by atoms with van der Waals surface area (Å²) in [4.78, 5) is 8.29. The highest BCUT2D eigenvalue weighted by Gasteiger charge is 2.01. The maximum atomic E-state index is 5.54. The Hall–Kier alpha value is -2.04. The number of imidazole rings is 1. The zero-order chi connectivity index (χ0) is 11.5. The summed E-state index contributed by atoms with van der Waals surface area (Å²) in [6, 6.07) is 4.09. The number of pyridine rings is 1. The molecule has 0 spiro atoms. The Labute approximate surface area is 94.0 Å². The van der Waals surface area contributed by atoms with E-state index in [1.807, 2.05) is 35.9 Å². The maximum absolute atomic E-state index is 5.54. The number of nitrogens with zero attached hydrogens (tertiary/aromatic N) is 3. The van der Waals surface area contributed by atoms with Gasteiger partial charge in [0.1, 0.15) is 5.65 Å². The molecule has 0 unspecified atom stereocenters. The van der Waals surface area contributed by atoms with E-state index < -0.39 is 0 Å². The average Bonchev–Trinajstić information content (AvgIpc) is 2.67. The van der Waals surface area contributed by atoms with Crippen molar-refractivity contribution in [2.75, 3.05) is 7.05 Å². The Morgan fingerprint density at radius 3 is 3.19 bits per heavy atom. The molecule has 0 aliphatic heterocycles. The van der Waals surface area contributed by atoms with Crippen molar-refractivity contribution >= 4 is 11.6 Å². The summed E-state index contributed by atoms with van der Waals surface area (Å²) >= 11 is 0. The van der Waals surface area contributed by atoms with Gasteiger partial charge in [-0.2, -0.15) is 0 Å². The fourth-order valence-electron chi connectivity index (χ4n) is 1.48. The van der Waals surface area contributed by atoms with E-state index >= 15 is 0 Å². The molecule has 3 N–H and O–H groups in total. The molecule has 0 fully saturated rings. The molecule has 0 atom stereocenters. The van der Waals surface area contributed by atoms with E-state index in [0.717, 1.165) is 11.3 Å². The highest BCUT2D eigenvalue weighted by molar-refractivity contribution is 5.77. The van der Waals surface area contributed by atoms with E-state index in [1.54, 1.807) is 7.05 Å². The Morgan fingerprint density at radius 1 is 1.62 bits per heavy atom. The summed E-state index contributed by atoms with van der Waals surface area (Å²) in [5.41, 5.74) is 8.63. The molecule has 16 heavy (non-hydrogen) atoms. The highest BCUT2D eigenvalue weighted by atomic mass is 15.1. The maximum Gasteiger partial charge on any atom is 0.188 e. The van der Waals surface area contributed by atoms with Crippen LogP contribution in [0.3, 0.4) is 0 Å². The summed E-state index contributed by atoms with van der Waals surface area (Å²) in [7, 11) is 1.65. The molecule has 84 valence electrons. The van der Waals surface area contributed by atoms with Gasteiger partial charge in [0.15, 0.2) is 5.96 Å². The second-order valence-corrected chi connectivity index (χ2v) is 3.66. The van der Waals surface area contributed by atoms with Gasteiger partial charge in [0.25, 0.3) is 0 Å². The van der Waals surface area contributed by atoms with Gasteiger partial charge in [0.05, 0.1) is 12.2 Å². The number of aliphatic imine (C=N–C) groups is 1. The van der Waals surface area contributed by atoms with Crippen LogP contribution in [-0.2, 0) is 6.54 Å². The predicted molar refractivity (Wildman–Crippen MR) is 64.3 cm³/mol. The quantitative estimate of drug-likeness (QED) is 0.574. The smallest absolute Gasteiger partial charge is 0.188 e. The fraction of sp³-hybridized carbons (Fsp3) is 0.273. The van der Waals surface area contributed by atoms with Gasteiger partial charge in [-0.3, -0.25) is 4.99 Å². The second kappa shape index (κ2) is 4.22. The monoisotopic (exact) mass is 217 g/mol. The van der Waals surface area contributed by atoms with Crippen LogP contribution in [0.5, 0.6) is 0 Å². The third-order valence-electron chi connectivity index (χ3n) is 2.36. The van der Waals surface area contributed by atoms with E-state index in [2.05, 4.69) is 15.3 Å². The first kappa shape index (κ1) is 10.5. The first-order valence-corrected chi connectivity index (χ1v) is 5.09. The van der Waals surface area contributed by atoms with Crippen LogP contribution in [0.1, 0.15) is 11.3 Å². The third-order valence-corrected chi connectivity index (χ3v) is 2.36. The SMILES string of the molecule is CN=C(N)NCc1cn2ccc(C)cc2n1. The van der Waals surface area contributed by atoms with Crippen LogP contribution in [0.4, 0.5) is 0 Å². The molecular weight excluding hydrogens is 202 g/mol.